The summed E-state index contributed by atoms with van der Waals surface area (Å²) in [6.45, 7) is 3.73. The first-order chi connectivity index (χ1) is 13.0. The summed E-state index contributed by atoms with van der Waals surface area (Å²) in [5, 5.41) is 3.41. The van der Waals surface area contributed by atoms with Gasteiger partial charge in [-0.1, -0.05) is 12.1 Å². The summed E-state index contributed by atoms with van der Waals surface area (Å²) in [6, 6.07) is 7.76. The van der Waals surface area contributed by atoms with E-state index in [1.165, 1.54) is 5.56 Å². The maximum Gasteiger partial charge on any atom is 0.248 e. The second-order valence-electron chi connectivity index (χ2n) is 7.52. The van der Waals surface area contributed by atoms with Crippen molar-refractivity contribution in [1.29, 1.82) is 0 Å². The van der Waals surface area contributed by atoms with Crippen LogP contribution in [0.15, 0.2) is 24.3 Å². The number of hydrogen-bond donors (Lipinski definition) is 2. The van der Waals surface area contributed by atoms with Crippen LogP contribution in [0.4, 0.5) is 5.82 Å². The van der Waals surface area contributed by atoms with Crippen LogP contribution in [0.1, 0.15) is 28.0 Å². The van der Waals surface area contributed by atoms with Gasteiger partial charge in [0.15, 0.2) is 5.82 Å². The molecule has 0 unspecified atom stereocenters. The van der Waals surface area contributed by atoms with Gasteiger partial charge in [-0.3, -0.25) is 4.79 Å². The SMILES string of the molecule is CN(C)[C@H]1CCN(c2nc(-c3ccc(C(N)=O)cc3)nc3c2CCNC3)C1. The van der Waals surface area contributed by atoms with E-state index < -0.39 is 5.91 Å². The Morgan fingerprint density at radius 3 is 2.70 bits per heavy atom. The summed E-state index contributed by atoms with van der Waals surface area (Å²) in [4.78, 5) is 25.8. The Kier molecular flexibility index (Phi) is 4.80. The van der Waals surface area contributed by atoms with Crippen molar-refractivity contribution in [1.82, 2.24) is 20.2 Å². The largest absolute Gasteiger partial charge is 0.366 e. The summed E-state index contributed by atoms with van der Waals surface area (Å²) < 4.78 is 0. The van der Waals surface area contributed by atoms with Gasteiger partial charge >= 0.3 is 0 Å². The molecule has 1 saturated heterocycles. The number of amides is 1. The molecule has 27 heavy (non-hydrogen) atoms. The fourth-order valence-corrected chi connectivity index (χ4v) is 3.87. The molecule has 0 spiro atoms. The highest BCUT2D eigenvalue weighted by Gasteiger charge is 2.29. The van der Waals surface area contributed by atoms with Crippen LogP contribution in [0.5, 0.6) is 0 Å². The highest BCUT2D eigenvalue weighted by Crippen LogP contribution is 2.30. The highest BCUT2D eigenvalue weighted by molar-refractivity contribution is 5.93. The van der Waals surface area contributed by atoms with Crippen LogP contribution >= 0.6 is 0 Å². The number of fused-ring (bicyclic) bond motifs is 1. The van der Waals surface area contributed by atoms with Crippen molar-refractivity contribution < 1.29 is 4.79 Å². The van der Waals surface area contributed by atoms with Crippen LogP contribution < -0.4 is 16.0 Å². The minimum absolute atomic E-state index is 0.426. The molecule has 1 fully saturated rings. The van der Waals surface area contributed by atoms with Gasteiger partial charge in [-0.05, 0) is 45.6 Å². The predicted molar refractivity (Wildman–Crippen MR) is 106 cm³/mol. The Bertz CT molecular complexity index is 848. The third-order valence-corrected chi connectivity index (χ3v) is 5.54. The zero-order valence-electron chi connectivity index (χ0n) is 15.9. The van der Waals surface area contributed by atoms with Gasteiger partial charge in [0.1, 0.15) is 5.82 Å². The minimum Gasteiger partial charge on any atom is -0.366 e. The van der Waals surface area contributed by atoms with E-state index in [2.05, 4.69) is 29.2 Å². The second kappa shape index (κ2) is 7.25. The lowest BCUT2D eigenvalue weighted by atomic mass is 10.1. The number of carbonyl (C=O) groups excluding carboxylic acids is 1. The molecule has 2 aromatic rings. The number of anilines is 1. The van der Waals surface area contributed by atoms with E-state index >= 15 is 0 Å². The molecule has 3 N–H and O–H groups in total. The average Bonchev–Trinajstić information content (AvgIpc) is 3.17. The highest BCUT2D eigenvalue weighted by atomic mass is 16.1. The van der Waals surface area contributed by atoms with Crippen LogP contribution in [-0.2, 0) is 13.0 Å². The quantitative estimate of drug-likeness (QED) is 0.840. The zero-order chi connectivity index (χ0) is 19.0. The Morgan fingerprint density at radius 2 is 2.04 bits per heavy atom. The lowest BCUT2D eigenvalue weighted by Gasteiger charge is -2.26. The molecule has 1 aromatic heterocycles. The van der Waals surface area contributed by atoms with Gasteiger partial charge < -0.3 is 20.9 Å². The average molecular weight is 366 g/mol. The molecule has 4 rings (SSSR count). The van der Waals surface area contributed by atoms with E-state index in [9.17, 15) is 4.79 Å². The summed E-state index contributed by atoms with van der Waals surface area (Å²) in [5.41, 5.74) is 9.09. The molecule has 0 bridgehead atoms. The van der Waals surface area contributed by atoms with Crippen molar-refractivity contribution in [2.45, 2.75) is 25.4 Å². The third-order valence-electron chi connectivity index (χ3n) is 5.54. The van der Waals surface area contributed by atoms with E-state index in [-0.39, 0.29) is 0 Å². The Labute approximate surface area is 159 Å². The van der Waals surface area contributed by atoms with Crippen molar-refractivity contribution in [3.8, 4) is 11.4 Å². The number of nitrogens with zero attached hydrogens (tertiary/aromatic N) is 4. The topological polar surface area (TPSA) is 87.4 Å². The maximum atomic E-state index is 11.3. The van der Waals surface area contributed by atoms with Gasteiger partial charge in [0.05, 0.1) is 5.69 Å². The number of nitrogens with one attached hydrogen (secondary N) is 1. The number of rotatable bonds is 4. The summed E-state index contributed by atoms with van der Waals surface area (Å²) in [7, 11) is 4.28. The number of nitrogens with two attached hydrogens (primary N) is 1. The minimum atomic E-state index is -0.426. The fourth-order valence-electron chi connectivity index (χ4n) is 3.87. The lowest BCUT2D eigenvalue weighted by molar-refractivity contribution is 0.100. The van der Waals surface area contributed by atoms with Gasteiger partial charge in [-0.25, -0.2) is 9.97 Å². The normalized spacial score (nSPS) is 19.4. The van der Waals surface area contributed by atoms with Crippen molar-refractivity contribution in [3.63, 3.8) is 0 Å². The van der Waals surface area contributed by atoms with E-state index in [1.807, 2.05) is 12.1 Å². The van der Waals surface area contributed by atoms with Crippen LogP contribution in [0.25, 0.3) is 11.4 Å². The standard InChI is InChI=1S/C20H26N6O/c1-25(2)15-8-10-26(12-15)20-16-7-9-22-11-17(16)23-19(24-20)14-5-3-13(4-6-14)18(21)27/h3-6,15,22H,7-12H2,1-2H3,(H2,21,27)/t15-/m0/s1. The Morgan fingerprint density at radius 1 is 1.26 bits per heavy atom. The van der Waals surface area contributed by atoms with E-state index in [0.29, 0.717) is 17.4 Å². The third kappa shape index (κ3) is 3.52. The molecule has 0 radical (unpaired) electrons. The number of benzene rings is 1. The monoisotopic (exact) mass is 366 g/mol. The van der Waals surface area contributed by atoms with Gasteiger partial charge in [-0.15, -0.1) is 0 Å². The summed E-state index contributed by atoms with van der Waals surface area (Å²) >= 11 is 0. The number of primary amides is 1. The Balaban J connectivity index is 1.72. The Hall–Kier alpha value is -2.51. The summed E-state index contributed by atoms with van der Waals surface area (Å²) in [6.07, 6.45) is 2.10. The van der Waals surface area contributed by atoms with Crippen molar-refractivity contribution in [3.05, 3.63) is 41.1 Å². The molecule has 1 atom stereocenters. The smallest absolute Gasteiger partial charge is 0.248 e. The molecule has 7 heteroatoms. The summed E-state index contributed by atoms with van der Waals surface area (Å²) in [5.74, 6) is 1.35. The van der Waals surface area contributed by atoms with Crippen molar-refractivity contribution >= 4 is 11.7 Å². The fraction of sp³-hybridized carbons (Fsp3) is 0.450. The molecule has 2 aliphatic rings. The molecule has 3 heterocycles. The van der Waals surface area contributed by atoms with Crippen LogP contribution in [0.2, 0.25) is 0 Å². The first kappa shape index (κ1) is 17.9. The van der Waals surface area contributed by atoms with Gasteiger partial charge in [0.2, 0.25) is 5.91 Å². The van der Waals surface area contributed by atoms with Crippen LogP contribution in [0.3, 0.4) is 0 Å². The van der Waals surface area contributed by atoms with Crippen molar-refractivity contribution in [2.75, 3.05) is 38.6 Å². The van der Waals surface area contributed by atoms with E-state index in [0.717, 1.165) is 56.1 Å². The number of aromatic nitrogens is 2. The number of hydrogen-bond acceptors (Lipinski definition) is 6. The molecular formula is C20H26N6O. The molecule has 0 aliphatic carbocycles. The van der Waals surface area contributed by atoms with Crippen LogP contribution in [0, 0.1) is 0 Å². The first-order valence-corrected chi connectivity index (χ1v) is 9.45. The molecule has 1 aromatic carbocycles. The van der Waals surface area contributed by atoms with Gasteiger partial charge in [0, 0.05) is 42.4 Å². The maximum absolute atomic E-state index is 11.3. The van der Waals surface area contributed by atoms with Crippen LogP contribution in [-0.4, -0.2) is 60.5 Å². The molecule has 1 amide bonds. The predicted octanol–water partition coefficient (Wildman–Crippen LogP) is 1.03. The molecular weight excluding hydrogens is 340 g/mol. The number of likely N-dealkylation sites (N-methyl/N-ethyl adjacent to an activating group) is 1. The second-order valence-corrected chi connectivity index (χ2v) is 7.52. The zero-order valence-corrected chi connectivity index (χ0v) is 15.9. The van der Waals surface area contributed by atoms with Gasteiger partial charge in [-0.2, -0.15) is 0 Å². The molecule has 7 nitrogen and oxygen atoms in total. The first-order valence-electron chi connectivity index (χ1n) is 9.45. The molecule has 2 aliphatic heterocycles. The number of carbonyl (C=O) groups is 1. The molecule has 142 valence electrons. The molecule has 0 saturated carbocycles. The van der Waals surface area contributed by atoms with Crippen molar-refractivity contribution in [2.24, 2.45) is 5.73 Å². The van der Waals surface area contributed by atoms with Gasteiger partial charge in [0.25, 0.3) is 0 Å². The van der Waals surface area contributed by atoms with E-state index in [1.54, 1.807) is 12.1 Å². The van der Waals surface area contributed by atoms with E-state index in [4.69, 9.17) is 15.7 Å². The lowest BCUT2D eigenvalue weighted by Crippen LogP contribution is -2.33.